The van der Waals surface area contributed by atoms with E-state index in [0.717, 1.165) is 18.1 Å². The van der Waals surface area contributed by atoms with E-state index in [1.165, 1.54) is 32.3 Å². The molecule has 3 rings (SSSR count). The summed E-state index contributed by atoms with van der Waals surface area (Å²) in [6, 6.07) is 5.63. The first-order chi connectivity index (χ1) is 14.0. The van der Waals surface area contributed by atoms with Gasteiger partial charge < -0.3 is 25.3 Å². The lowest BCUT2D eigenvalue weighted by molar-refractivity contribution is -0.108. The van der Waals surface area contributed by atoms with Crippen LogP contribution in [0.5, 0.6) is 5.75 Å². The number of nitrogens with two attached hydrogens (primary N) is 1. The Labute approximate surface area is 175 Å². The van der Waals surface area contributed by atoms with E-state index in [0.29, 0.717) is 28.4 Å². The van der Waals surface area contributed by atoms with Gasteiger partial charge in [0.2, 0.25) is 0 Å². The molecule has 4 N–H and O–H groups in total. The summed E-state index contributed by atoms with van der Waals surface area (Å²) >= 11 is 0.553. The molecule has 0 amide bonds. The van der Waals surface area contributed by atoms with Gasteiger partial charge in [-0.05, 0) is 46.0 Å². The first-order valence-electron chi connectivity index (χ1n) is 9.56. The summed E-state index contributed by atoms with van der Waals surface area (Å²) < 4.78 is 21.1. The molecule has 2 aromatic rings. The van der Waals surface area contributed by atoms with Crippen molar-refractivity contribution in [3.05, 3.63) is 30.6 Å². The van der Waals surface area contributed by atoms with Crippen molar-refractivity contribution in [3.8, 4) is 5.75 Å². The fourth-order valence-corrected chi connectivity index (χ4v) is 3.17. The first kappa shape index (κ1) is 25.3. The molecule has 0 radical (unpaired) electrons. The summed E-state index contributed by atoms with van der Waals surface area (Å²) in [4.78, 5) is 20.0. The molecule has 0 saturated carbocycles. The Bertz CT molecular complexity index is 689. The van der Waals surface area contributed by atoms with Gasteiger partial charge in [-0.3, -0.25) is 9.93 Å². The van der Waals surface area contributed by atoms with Crippen LogP contribution in [0.25, 0.3) is 10.8 Å². The second-order valence-corrected chi connectivity index (χ2v) is 7.46. The maximum atomic E-state index is 12.1. The number of likely N-dealkylation sites (N-methyl/N-ethyl adjacent to an activating group) is 1. The Morgan fingerprint density at radius 1 is 1.52 bits per heavy atom. The van der Waals surface area contributed by atoms with Crippen molar-refractivity contribution in [2.45, 2.75) is 43.7 Å². The Kier molecular flexibility index (Phi) is 12.4. The number of aromatic nitrogens is 1. The fraction of sp³-hybridized carbons (Fsp3) is 0.500. The van der Waals surface area contributed by atoms with Gasteiger partial charge in [-0.25, -0.2) is 0 Å². The zero-order valence-corrected chi connectivity index (χ0v) is 18.0. The maximum Gasteiger partial charge on any atom is 0.199 e. The van der Waals surface area contributed by atoms with E-state index in [1.54, 1.807) is 24.4 Å². The third-order valence-electron chi connectivity index (χ3n) is 4.33. The molecule has 1 saturated heterocycles. The summed E-state index contributed by atoms with van der Waals surface area (Å²) in [6.07, 6.45) is 5.63. The van der Waals surface area contributed by atoms with Crippen LogP contribution in [0.1, 0.15) is 26.7 Å². The second kappa shape index (κ2) is 14.2. The maximum absolute atomic E-state index is 12.1. The minimum absolute atomic E-state index is 0.0136. The average molecular weight is 427 g/mol. The van der Waals surface area contributed by atoms with Crippen LogP contribution >= 0.6 is 12.0 Å². The molecule has 2 atom stereocenters. The number of carbonyl (C=O) groups is 1. The lowest BCUT2D eigenvalue weighted by Crippen LogP contribution is -2.33. The molecule has 1 aliphatic heterocycles. The van der Waals surface area contributed by atoms with Crippen LogP contribution in [0.3, 0.4) is 0 Å². The van der Waals surface area contributed by atoms with Crippen LogP contribution in [0.4, 0.5) is 4.53 Å². The molecular formula is C20H31FN4O3S. The molecule has 1 aliphatic rings. The second-order valence-electron chi connectivity index (χ2n) is 6.84. The Morgan fingerprint density at radius 3 is 2.86 bits per heavy atom. The summed E-state index contributed by atoms with van der Waals surface area (Å²) in [6.45, 7) is 7.74. The van der Waals surface area contributed by atoms with Crippen molar-refractivity contribution in [1.29, 1.82) is 0 Å². The zero-order valence-electron chi connectivity index (χ0n) is 17.2. The molecule has 9 heteroatoms. The normalized spacial score (nSPS) is 17.8. The lowest BCUT2D eigenvalue weighted by atomic mass is 10.2. The number of benzene rings is 1. The van der Waals surface area contributed by atoms with E-state index in [9.17, 15) is 9.32 Å². The van der Waals surface area contributed by atoms with Gasteiger partial charge in [0, 0.05) is 51.0 Å². The lowest BCUT2D eigenvalue weighted by Gasteiger charge is -2.15. The SMILES string of the molecule is CC1CN(C)CCCN1.CCC(N)C=O.OSc1cccc2cncc(OF)c12. The van der Waals surface area contributed by atoms with E-state index in [4.69, 9.17) is 10.3 Å². The molecule has 1 aromatic heterocycles. The third-order valence-corrected chi connectivity index (χ3v) is 4.87. The number of fused-ring (bicyclic) bond motifs is 1. The van der Waals surface area contributed by atoms with Crippen LogP contribution in [-0.2, 0) is 4.79 Å². The van der Waals surface area contributed by atoms with Gasteiger partial charge in [-0.1, -0.05) is 19.1 Å². The van der Waals surface area contributed by atoms with Crippen molar-refractivity contribution < 1.29 is 18.8 Å². The van der Waals surface area contributed by atoms with Crippen LogP contribution in [0, 0.1) is 0 Å². The average Bonchev–Trinajstić information content (AvgIpc) is 2.95. The van der Waals surface area contributed by atoms with Gasteiger partial charge >= 0.3 is 0 Å². The van der Waals surface area contributed by atoms with E-state index in [-0.39, 0.29) is 11.8 Å². The number of carbonyl (C=O) groups excluding carboxylic acids is 1. The highest BCUT2D eigenvalue weighted by atomic mass is 32.2. The van der Waals surface area contributed by atoms with Crippen LogP contribution in [0.15, 0.2) is 35.5 Å². The molecule has 0 aliphatic carbocycles. The van der Waals surface area contributed by atoms with E-state index in [2.05, 4.69) is 34.1 Å². The Balaban J connectivity index is 0.000000242. The van der Waals surface area contributed by atoms with Crippen molar-refractivity contribution in [1.82, 2.24) is 15.2 Å². The summed E-state index contributed by atoms with van der Waals surface area (Å²) in [5.74, 6) is 0.0136. The molecule has 0 spiro atoms. The molecule has 2 unspecified atom stereocenters. The van der Waals surface area contributed by atoms with Gasteiger partial charge in [0.1, 0.15) is 6.29 Å². The van der Waals surface area contributed by atoms with Gasteiger partial charge in [0.05, 0.1) is 12.2 Å². The van der Waals surface area contributed by atoms with Gasteiger partial charge in [-0.2, -0.15) is 0 Å². The Hall–Kier alpha value is -1.78. The zero-order chi connectivity index (χ0) is 21.6. The predicted octanol–water partition coefficient (Wildman–Crippen LogP) is 3.29. The Morgan fingerprint density at radius 2 is 2.28 bits per heavy atom. The van der Waals surface area contributed by atoms with Crippen LogP contribution in [-0.4, -0.2) is 59.5 Å². The number of hydrogen-bond acceptors (Lipinski definition) is 8. The predicted molar refractivity (Wildman–Crippen MR) is 116 cm³/mol. The molecule has 0 bridgehead atoms. The number of pyridine rings is 1. The summed E-state index contributed by atoms with van der Waals surface area (Å²) in [5, 5.41) is 4.68. The quantitative estimate of drug-likeness (QED) is 0.506. The topological polar surface area (TPSA) is 101 Å². The number of aldehydes is 1. The first-order valence-corrected chi connectivity index (χ1v) is 10.3. The third kappa shape index (κ3) is 9.05. The largest absolute Gasteiger partial charge is 0.325 e. The molecule has 1 aromatic carbocycles. The highest BCUT2D eigenvalue weighted by molar-refractivity contribution is 7.94. The van der Waals surface area contributed by atoms with Crippen molar-refractivity contribution in [2.24, 2.45) is 5.73 Å². The standard InChI is InChI=1S/C9H6FNO2S.C7H16N2.C4H9NO/c10-13-7-5-11-4-6-2-1-3-8(14-12)9(6)7;1-7-6-9(2)5-3-4-8-7;1-2-4(5)3-6/h1-5,12H;7-8H,3-6H2,1-2H3;3-4H,2,5H2,1H3. The molecule has 162 valence electrons. The highest BCUT2D eigenvalue weighted by Crippen LogP contribution is 2.32. The van der Waals surface area contributed by atoms with Crippen molar-refractivity contribution in [3.63, 3.8) is 0 Å². The molecule has 7 nitrogen and oxygen atoms in total. The van der Waals surface area contributed by atoms with Crippen molar-refractivity contribution in [2.75, 3.05) is 26.7 Å². The highest BCUT2D eigenvalue weighted by Gasteiger charge is 2.09. The number of rotatable bonds is 4. The number of halogens is 1. The minimum atomic E-state index is -0.245. The van der Waals surface area contributed by atoms with Gasteiger partial charge in [0.25, 0.3) is 0 Å². The molecular weight excluding hydrogens is 395 g/mol. The number of nitrogens with one attached hydrogen (secondary N) is 1. The summed E-state index contributed by atoms with van der Waals surface area (Å²) in [5.41, 5.74) is 5.10. The molecule has 29 heavy (non-hydrogen) atoms. The number of hydrogen-bond donors (Lipinski definition) is 3. The molecule has 1 fully saturated rings. The van der Waals surface area contributed by atoms with Crippen LogP contribution < -0.4 is 16.0 Å². The minimum Gasteiger partial charge on any atom is -0.325 e. The smallest absolute Gasteiger partial charge is 0.199 e. The van der Waals surface area contributed by atoms with Crippen molar-refractivity contribution >= 4 is 29.1 Å². The van der Waals surface area contributed by atoms with Gasteiger partial charge in [-0.15, -0.1) is 0 Å². The molecule has 2 heterocycles. The monoisotopic (exact) mass is 426 g/mol. The van der Waals surface area contributed by atoms with E-state index < -0.39 is 0 Å². The van der Waals surface area contributed by atoms with E-state index >= 15 is 0 Å². The van der Waals surface area contributed by atoms with E-state index in [1.807, 2.05) is 6.92 Å². The van der Waals surface area contributed by atoms with Gasteiger partial charge in [0.15, 0.2) is 5.75 Å². The van der Waals surface area contributed by atoms with Crippen LogP contribution in [0.2, 0.25) is 0 Å². The summed E-state index contributed by atoms with van der Waals surface area (Å²) in [7, 11) is 2.18. The fourth-order valence-electron chi connectivity index (χ4n) is 2.72. The number of nitrogens with zero attached hydrogens (tertiary/aromatic N) is 2.